The highest BCUT2D eigenvalue weighted by Gasteiger charge is 2.08. The summed E-state index contributed by atoms with van der Waals surface area (Å²) < 4.78 is 7.74. The summed E-state index contributed by atoms with van der Waals surface area (Å²) in [6.07, 6.45) is 0. The van der Waals surface area contributed by atoms with Gasteiger partial charge in [-0.2, -0.15) is 5.10 Å². The number of aryl methyl sites for hydroxylation is 3. The Kier molecular flexibility index (Phi) is 3.67. The predicted octanol–water partition coefficient (Wildman–Crippen LogP) is 2.07. The molecule has 0 spiro atoms. The van der Waals surface area contributed by atoms with Crippen LogP contribution in [0.25, 0.3) is 0 Å². The Morgan fingerprint density at radius 3 is 2.72 bits per heavy atom. The highest BCUT2D eigenvalue weighted by Crippen LogP contribution is 2.24. The Hall–Kier alpha value is -1.81. The van der Waals surface area contributed by atoms with Crippen LogP contribution in [0.1, 0.15) is 22.5 Å². The summed E-state index contributed by atoms with van der Waals surface area (Å²) in [4.78, 5) is 0. The molecule has 1 aromatic carbocycles. The first kappa shape index (κ1) is 12.6. The molecule has 2 aromatic rings. The summed E-state index contributed by atoms with van der Waals surface area (Å²) >= 11 is 0. The van der Waals surface area contributed by atoms with Crippen LogP contribution in [0, 0.1) is 13.8 Å². The molecule has 0 saturated carbocycles. The van der Waals surface area contributed by atoms with Crippen molar-refractivity contribution in [2.45, 2.75) is 27.0 Å². The fourth-order valence-electron chi connectivity index (χ4n) is 2.03. The number of ether oxygens (including phenoxy) is 1. The Morgan fingerprint density at radius 1 is 1.33 bits per heavy atom. The van der Waals surface area contributed by atoms with Gasteiger partial charge in [0.1, 0.15) is 12.4 Å². The van der Waals surface area contributed by atoms with Crippen LogP contribution >= 0.6 is 0 Å². The van der Waals surface area contributed by atoms with Gasteiger partial charge >= 0.3 is 0 Å². The van der Waals surface area contributed by atoms with Gasteiger partial charge in [-0.05, 0) is 25.5 Å². The lowest BCUT2D eigenvalue weighted by Gasteiger charge is -2.13. The van der Waals surface area contributed by atoms with Crippen molar-refractivity contribution in [3.8, 4) is 5.75 Å². The third-order valence-electron chi connectivity index (χ3n) is 2.98. The maximum absolute atomic E-state index is 5.90. The van der Waals surface area contributed by atoms with E-state index >= 15 is 0 Å². The Balaban J connectivity index is 2.17. The van der Waals surface area contributed by atoms with E-state index in [-0.39, 0.29) is 0 Å². The minimum Gasteiger partial charge on any atom is -0.487 e. The van der Waals surface area contributed by atoms with Gasteiger partial charge in [0.2, 0.25) is 0 Å². The lowest BCUT2D eigenvalue weighted by molar-refractivity contribution is 0.290. The standard InChI is InChI=1S/C14H19N3O/c1-10-5-4-6-12(8-15)14(10)18-9-13-7-11(2)16-17(13)3/h4-7H,8-9,15H2,1-3H3. The molecular formula is C14H19N3O. The number of nitrogens with zero attached hydrogens (tertiary/aromatic N) is 2. The van der Waals surface area contributed by atoms with E-state index in [1.165, 1.54) is 0 Å². The Bertz CT molecular complexity index is 546. The number of benzene rings is 1. The van der Waals surface area contributed by atoms with E-state index in [4.69, 9.17) is 10.5 Å². The van der Waals surface area contributed by atoms with Crippen molar-refractivity contribution < 1.29 is 4.74 Å². The third kappa shape index (κ3) is 2.54. The normalized spacial score (nSPS) is 10.7. The summed E-state index contributed by atoms with van der Waals surface area (Å²) in [5.41, 5.74) is 9.92. The van der Waals surface area contributed by atoms with Gasteiger partial charge in [0.25, 0.3) is 0 Å². The minimum atomic E-state index is 0.488. The third-order valence-corrected chi connectivity index (χ3v) is 2.98. The van der Waals surface area contributed by atoms with Crippen molar-refractivity contribution in [3.63, 3.8) is 0 Å². The second-order valence-corrected chi connectivity index (χ2v) is 4.46. The number of hydrogen-bond acceptors (Lipinski definition) is 3. The van der Waals surface area contributed by atoms with Crippen LogP contribution in [-0.4, -0.2) is 9.78 Å². The van der Waals surface area contributed by atoms with Crippen molar-refractivity contribution >= 4 is 0 Å². The van der Waals surface area contributed by atoms with Crippen LogP contribution in [0.15, 0.2) is 24.3 Å². The average Bonchev–Trinajstić information content (AvgIpc) is 2.66. The van der Waals surface area contributed by atoms with Crippen molar-refractivity contribution in [3.05, 3.63) is 46.8 Å². The highest BCUT2D eigenvalue weighted by molar-refractivity contribution is 5.40. The molecule has 1 aromatic heterocycles. The van der Waals surface area contributed by atoms with Crippen LogP contribution in [-0.2, 0) is 20.2 Å². The number of rotatable bonds is 4. The van der Waals surface area contributed by atoms with Crippen LogP contribution in [0.4, 0.5) is 0 Å². The quantitative estimate of drug-likeness (QED) is 0.897. The first-order valence-corrected chi connectivity index (χ1v) is 6.02. The molecule has 1 heterocycles. The summed E-state index contributed by atoms with van der Waals surface area (Å²) in [6.45, 7) is 5.00. The molecule has 0 fully saturated rings. The molecule has 0 aliphatic rings. The van der Waals surface area contributed by atoms with Crippen molar-refractivity contribution in [1.82, 2.24) is 9.78 Å². The van der Waals surface area contributed by atoms with Crippen LogP contribution in [0.3, 0.4) is 0 Å². The molecule has 96 valence electrons. The van der Waals surface area contributed by atoms with Crippen molar-refractivity contribution in [2.24, 2.45) is 12.8 Å². The average molecular weight is 245 g/mol. The fourth-order valence-corrected chi connectivity index (χ4v) is 2.03. The molecule has 4 heteroatoms. The highest BCUT2D eigenvalue weighted by atomic mass is 16.5. The largest absolute Gasteiger partial charge is 0.487 e. The summed E-state index contributed by atoms with van der Waals surface area (Å²) in [7, 11) is 1.92. The van der Waals surface area contributed by atoms with E-state index < -0.39 is 0 Å². The minimum absolute atomic E-state index is 0.488. The number of aromatic nitrogens is 2. The lowest BCUT2D eigenvalue weighted by Crippen LogP contribution is -2.07. The molecule has 0 aliphatic heterocycles. The van der Waals surface area contributed by atoms with E-state index in [0.29, 0.717) is 13.2 Å². The Morgan fingerprint density at radius 2 is 2.11 bits per heavy atom. The molecule has 0 unspecified atom stereocenters. The maximum Gasteiger partial charge on any atom is 0.130 e. The van der Waals surface area contributed by atoms with Gasteiger partial charge in [0.05, 0.1) is 11.4 Å². The van der Waals surface area contributed by atoms with Crippen molar-refractivity contribution in [1.29, 1.82) is 0 Å². The monoisotopic (exact) mass is 245 g/mol. The van der Waals surface area contributed by atoms with Crippen LogP contribution < -0.4 is 10.5 Å². The summed E-state index contributed by atoms with van der Waals surface area (Å²) in [6, 6.07) is 8.05. The number of nitrogens with two attached hydrogens (primary N) is 1. The Labute approximate surface area is 107 Å². The number of para-hydroxylation sites is 1. The van der Waals surface area contributed by atoms with E-state index in [1.807, 2.05) is 49.8 Å². The topological polar surface area (TPSA) is 53.1 Å². The van der Waals surface area contributed by atoms with E-state index in [9.17, 15) is 0 Å². The van der Waals surface area contributed by atoms with E-state index in [0.717, 1.165) is 28.3 Å². The van der Waals surface area contributed by atoms with Crippen LogP contribution in [0.5, 0.6) is 5.75 Å². The molecule has 0 amide bonds. The van der Waals surface area contributed by atoms with E-state index in [2.05, 4.69) is 5.10 Å². The van der Waals surface area contributed by atoms with Gasteiger partial charge in [-0.3, -0.25) is 4.68 Å². The fraction of sp³-hybridized carbons (Fsp3) is 0.357. The SMILES string of the molecule is Cc1cc(COc2c(C)cccc2CN)n(C)n1. The second kappa shape index (κ2) is 5.23. The summed E-state index contributed by atoms with van der Waals surface area (Å²) in [5.74, 6) is 0.888. The molecule has 2 rings (SSSR count). The number of hydrogen-bond donors (Lipinski definition) is 1. The second-order valence-electron chi connectivity index (χ2n) is 4.46. The molecule has 0 saturated heterocycles. The molecule has 0 atom stereocenters. The van der Waals surface area contributed by atoms with Gasteiger partial charge in [-0.15, -0.1) is 0 Å². The zero-order valence-electron chi connectivity index (χ0n) is 11.1. The molecule has 0 aliphatic carbocycles. The summed E-state index contributed by atoms with van der Waals surface area (Å²) in [5, 5.41) is 4.30. The predicted molar refractivity (Wildman–Crippen MR) is 71.3 cm³/mol. The molecule has 2 N–H and O–H groups in total. The lowest BCUT2D eigenvalue weighted by atomic mass is 10.1. The van der Waals surface area contributed by atoms with Gasteiger partial charge in [-0.25, -0.2) is 0 Å². The van der Waals surface area contributed by atoms with Gasteiger partial charge < -0.3 is 10.5 Å². The molecule has 0 radical (unpaired) electrons. The molecule has 4 nitrogen and oxygen atoms in total. The van der Waals surface area contributed by atoms with Crippen LogP contribution in [0.2, 0.25) is 0 Å². The first-order valence-electron chi connectivity index (χ1n) is 6.02. The molecular weight excluding hydrogens is 226 g/mol. The van der Waals surface area contributed by atoms with Gasteiger partial charge in [0.15, 0.2) is 0 Å². The molecule has 18 heavy (non-hydrogen) atoms. The van der Waals surface area contributed by atoms with Crippen molar-refractivity contribution in [2.75, 3.05) is 0 Å². The first-order chi connectivity index (χ1) is 8.61. The maximum atomic E-state index is 5.90. The smallest absolute Gasteiger partial charge is 0.130 e. The van der Waals surface area contributed by atoms with Gasteiger partial charge in [0, 0.05) is 19.2 Å². The zero-order chi connectivity index (χ0) is 13.1. The van der Waals surface area contributed by atoms with E-state index in [1.54, 1.807) is 0 Å². The van der Waals surface area contributed by atoms with Gasteiger partial charge in [-0.1, -0.05) is 18.2 Å². The molecule has 0 bridgehead atoms. The zero-order valence-corrected chi connectivity index (χ0v) is 11.1.